The Kier molecular flexibility index (Phi) is 11.7. The number of ether oxygens (including phenoxy) is 3. The van der Waals surface area contributed by atoms with Gasteiger partial charge < -0.3 is 34.6 Å². The average Bonchev–Trinajstić information content (AvgIpc) is 2.98. The molecule has 4 rings (SSSR count). The molecule has 12 nitrogen and oxygen atoms in total. The molecule has 0 unspecified atom stereocenters. The van der Waals surface area contributed by atoms with Gasteiger partial charge in [0.2, 0.25) is 11.8 Å². The Balaban J connectivity index is 1.79. The topological polar surface area (TPSA) is 139 Å². The first kappa shape index (κ1) is 31.2. The number of pyridine rings is 1. The first-order valence-corrected chi connectivity index (χ1v) is 13.8. The van der Waals surface area contributed by atoms with Gasteiger partial charge in [0.15, 0.2) is 18.1 Å². The number of carbonyl (C=O) groups is 4. The second-order valence-corrected chi connectivity index (χ2v) is 9.60. The van der Waals surface area contributed by atoms with Crippen molar-refractivity contribution in [3.8, 4) is 17.4 Å². The van der Waals surface area contributed by atoms with Crippen LogP contribution in [-0.4, -0.2) is 98.0 Å². The lowest BCUT2D eigenvalue weighted by Crippen LogP contribution is -2.47. The van der Waals surface area contributed by atoms with Crippen molar-refractivity contribution in [3.05, 3.63) is 47.7 Å². The van der Waals surface area contributed by atoms with Gasteiger partial charge in [-0.3, -0.25) is 19.2 Å². The summed E-state index contributed by atoms with van der Waals surface area (Å²) in [5, 5.41) is 5.53. The monoisotopic (exact) mass is 569 g/mol. The van der Waals surface area contributed by atoms with E-state index in [0.717, 1.165) is 0 Å². The lowest BCUT2D eigenvalue weighted by Gasteiger charge is -2.25. The van der Waals surface area contributed by atoms with Crippen molar-refractivity contribution >= 4 is 23.6 Å². The zero-order valence-corrected chi connectivity index (χ0v) is 24.1. The smallest absolute Gasteiger partial charge is 0.259 e. The number of nitrogens with one attached hydrogen (secondary N) is 2. The van der Waals surface area contributed by atoms with Gasteiger partial charge >= 0.3 is 0 Å². The predicted octanol–water partition coefficient (Wildman–Crippen LogP) is 1.89. The molecule has 0 aliphatic carbocycles. The molecular formula is C29H39N5O7. The van der Waals surface area contributed by atoms with E-state index in [1.807, 2.05) is 6.92 Å². The van der Waals surface area contributed by atoms with Gasteiger partial charge in [-0.25, -0.2) is 4.98 Å². The van der Waals surface area contributed by atoms with Crippen LogP contribution in [0.4, 0.5) is 0 Å². The predicted molar refractivity (Wildman–Crippen MR) is 151 cm³/mol. The standard InChI is InChI=1S/C29H39N5O7/c1-5-40-27-22(10-8-13-31-27)29(38)34-16-7-6-15-33(3)28(37)20(2)32-25(35)19-41-23-12-11-21(18-24(23)39-4)26(36)30-14-9-17-34/h8,10-13,18,20H,5-7,9,14-17,19H2,1-4H3,(H,30,36)(H,32,35)/t20-/m0/s1. The number of carbonyl (C=O) groups excluding carboxylic acids is 4. The number of methoxy groups -OCH3 is 1. The van der Waals surface area contributed by atoms with Crippen LogP contribution >= 0.6 is 0 Å². The largest absolute Gasteiger partial charge is 0.493 e. The fourth-order valence-electron chi connectivity index (χ4n) is 4.37. The van der Waals surface area contributed by atoms with E-state index in [2.05, 4.69) is 15.6 Å². The fraction of sp³-hybridized carbons (Fsp3) is 0.483. The summed E-state index contributed by atoms with van der Waals surface area (Å²) in [5.41, 5.74) is 0.728. The van der Waals surface area contributed by atoms with Crippen LogP contribution in [0.2, 0.25) is 0 Å². The lowest BCUT2D eigenvalue weighted by molar-refractivity contribution is -0.135. The number of benzene rings is 1. The van der Waals surface area contributed by atoms with Crippen LogP contribution in [0.5, 0.6) is 17.4 Å². The number of nitrogens with zero attached hydrogens (tertiary/aromatic N) is 3. The summed E-state index contributed by atoms with van der Waals surface area (Å²) in [4.78, 5) is 59.0. The molecule has 2 aromatic rings. The van der Waals surface area contributed by atoms with Gasteiger partial charge in [0.25, 0.3) is 17.7 Å². The van der Waals surface area contributed by atoms with Crippen molar-refractivity contribution in [1.29, 1.82) is 0 Å². The van der Waals surface area contributed by atoms with Crippen molar-refractivity contribution in [2.45, 2.75) is 39.2 Å². The summed E-state index contributed by atoms with van der Waals surface area (Å²) in [7, 11) is 3.12. The van der Waals surface area contributed by atoms with Crippen molar-refractivity contribution < 1.29 is 33.4 Å². The summed E-state index contributed by atoms with van der Waals surface area (Å²) in [6, 6.07) is 7.28. The number of hydrogen-bond acceptors (Lipinski definition) is 8. The van der Waals surface area contributed by atoms with Gasteiger partial charge in [0.05, 0.1) is 13.7 Å². The number of likely N-dealkylation sites (N-methyl/N-ethyl adjacent to an activating group) is 1. The van der Waals surface area contributed by atoms with Gasteiger partial charge in [0.1, 0.15) is 11.6 Å². The molecule has 2 aliphatic rings. The molecular weight excluding hydrogens is 530 g/mol. The Morgan fingerprint density at radius 2 is 1.88 bits per heavy atom. The maximum absolute atomic E-state index is 13.5. The molecule has 2 aliphatic heterocycles. The second-order valence-electron chi connectivity index (χ2n) is 9.60. The molecule has 0 saturated heterocycles. The van der Waals surface area contributed by atoms with Crippen molar-refractivity contribution in [2.24, 2.45) is 0 Å². The molecule has 41 heavy (non-hydrogen) atoms. The summed E-state index contributed by atoms with van der Waals surface area (Å²) in [6.07, 6.45) is 3.38. The minimum Gasteiger partial charge on any atom is -0.493 e. The Morgan fingerprint density at radius 1 is 1.12 bits per heavy atom. The van der Waals surface area contributed by atoms with Crippen LogP contribution < -0.4 is 24.8 Å². The molecule has 1 aromatic carbocycles. The summed E-state index contributed by atoms with van der Waals surface area (Å²) in [5.74, 6) is -0.371. The molecule has 1 aromatic heterocycles. The molecule has 12 heteroatoms. The Bertz CT molecular complexity index is 1220. The lowest BCUT2D eigenvalue weighted by atomic mass is 10.1. The number of aromatic nitrogens is 1. The third kappa shape index (κ3) is 8.82. The zero-order valence-electron chi connectivity index (χ0n) is 24.1. The van der Waals surface area contributed by atoms with E-state index >= 15 is 0 Å². The summed E-state index contributed by atoms with van der Waals surface area (Å²) in [6.45, 7) is 5.12. The molecule has 0 saturated carbocycles. The SMILES string of the molecule is CCOc1ncccc1C(=O)N1CCCCN(C)C(=O)[C@H](C)NC(=O)COc2ccc(cc2OC)C(=O)NCCC1. The van der Waals surface area contributed by atoms with E-state index in [4.69, 9.17) is 14.2 Å². The molecule has 4 amide bonds. The maximum atomic E-state index is 13.5. The van der Waals surface area contributed by atoms with E-state index in [9.17, 15) is 19.2 Å². The minimum atomic E-state index is -0.751. The van der Waals surface area contributed by atoms with Crippen LogP contribution in [0.3, 0.4) is 0 Å². The Labute approximate surface area is 240 Å². The molecule has 3 heterocycles. The van der Waals surface area contributed by atoms with Crippen LogP contribution in [0, 0.1) is 0 Å². The first-order valence-electron chi connectivity index (χ1n) is 13.8. The molecule has 0 radical (unpaired) electrons. The second kappa shape index (κ2) is 15.4. The third-order valence-corrected chi connectivity index (χ3v) is 6.54. The molecule has 2 N–H and O–H groups in total. The number of rotatable bonds is 4. The van der Waals surface area contributed by atoms with Gasteiger partial charge in [-0.15, -0.1) is 0 Å². The van der Waals surface area contributed by atoms with Crippen molar-refractivity contribution in [1.82, 2.24) is 25.4 Å². The maximum Gasteiger partial charge on any atom is 0.259 e. The van der Waals surface area contributed by atoms with E-state index in [-0.39, 0.29) is 36.0 Å². The quantitative estimate of drug-likeness (QED) is 0.533. The number of fused-ring (bicyclic) bond motifs is 18. The summed E-state index contributed by atoms with van der Waals surface area (Å²) >= 11 is 0. The third-order valence-electron chi connectivity index (χ3n) is 6.54. The minimum absolute atomic E-state index is 0.215. The number of amides is 4. The van der Waals surface area contributed by atoms with E-state index in [1.54, 1.807) is 54.2 Å². The van der Waals surface area contributed by atoms with Crippen LogP contribution in [0.1, 0.15) is 53.8 Å². The molecule has 0 spiro atoms. The van der Waals surface area contributed by atoms with Gasteiger partial charge in [-0.2, -0.15) is 0 Å². The van der Waals surface area contributed by atoms with E-state index < -0.39 is 11.9 Å². The fourth-order valence-corrected chi connectivity index (χ4v) is 4.37. The van der Waals surface area contributed by atoms with Gasteiger partial charge in [-0.1, -0.05) is 0 Å². The molecule has 0 fully saturated rings. The van der Waals surface area contributed by atoms with E-state index in [1.165, 1.54) is 13.2 Å². The Hall–Kier alpha value is -4.35. The van der Waals surface area contributed by atoms with Crippen molar-refractivity contribution in [2.75, 3.05) is 53.6 Å². The average molecular weight is 570 g/mol. The normalized spacial score (nSPS) is 18.0. The first-order chi connectivity index (χ1) is 19.7. The highest BCUT2D eigenvalue weighted by Crippen LogP contribution is 2.28. The Morgan fingerprint density at radius 3 is 2.63 bits per heavy atom. The van der Waals surface area contributed by atoms with Crippen LogP contribution in [0.25, 0.3) is 0 Å². The van der Waals surface area contributed by atoms with Crippen molar-refractivity contribution in [3.63, 3.8) is 0 Å². The van der Waals surface area contributed by atoms with Gasteiger partial charge in [0, 0.05) is 45.0 Å². The summed E-state index contributed by atoms with van der Waals surface area (Å²) < 4.78 is 16.5. The highest BCUT2D eigenvalue weighted by Gasteiger charge is 2.22. The van der Waals surface area contributed by atoms with Crippen LogP contribution in [0.15, 0.2) is 36.5 Å². The number of hydrogen-bond donors (Lipinski definition) is 2. The molecule has 222 valence electrons. The zero-order chi connectivity index (χ0) is 29.8. The molecule has 2 bridgehead atoms. The van der Waals surface area contributed by atoms with Gasteiger partial charge in [-0.05, 0) is 63.4 Å². The molecule has 1 atom stereocenters. The highest BCUT2D eigenvalue weighted by atomic mass is 16.5. The van der Waals surface area contributed by atoms with Crippen LogP contribution in [-0.2, 0) is 9.59 Å². The van der Waals surface area contributed by atoms with E-state index in [0.29, 0.717) is 68.9 Å². The highest BCUT2D eigenvalue weighted by molar-refractivity contribution is 5.96.